The minimum Gasteiger partial charge on any atom is -0.330 e. The minimum absolute atomic E-state index is 0.0501. The maximum Gasteiger partial charge on any atom is 0.416 e. The first-order valence-corrected chi connectivity index (χ1v) is 16.9. The van der Waals surface area contributed by atoms with E-state index < -0.39 is 23.7 Å². The summed E-state index contributed by atoms with van der Waals surface area (Å²) in [5, 5.41) is 8.75. The molecule has 0 spiro atoms. The van der Waals surface area contributed by atoms with Crippen molar-refractivity contribution in [3.05, 3.63) is 47.0 Å². The highest BCUT2D eigenvalue weighted by atomic mass is 32.2. The molecule has 1 aliphatic carbocycles. The third kappa shape index (κ3) is 10.00. The van der Waals surface area contributed by atoms with Crippen LogP contribution in [0, 0.1) is 0 Å². The van der Waals surface area contributed by atoms with Gasteiger partial charge < -0.3 is 33.2 Å². The van der Waals surface area contributed by atoms with Crippen LogP contribution >= 0.6 is 23.1 Å². The first-order chi connectivity index (χ1) is 22.1. The fourth-order valence-corrected chi connectivity index (χ4v) is 6.68. The number of nitrogens with zero attached hydrogens (tertiary/aromatic N) is 2. The SMILES string of the molecule is NCCCCC(=O)Nc1cc(C(F)(F)F)cc(NC(=O)Nc2ccc3nc(C4=CCC(=NCCCN)CC4)sc3c2)c1SCCN. The number of aliphatic imine (C=N–C) groups is 1. The van der Waals surface area contributed by atoms with E-state index >= 15 is 0 Å². The Morgan fingerprint density at radius 3 is 2.39 bits per heavy atom. The van der Waals surface area contributed by atoms with Crippen molar-refractivity contribution in [3.63, 3.8) is 0 Å². The Kier molecular flexibility index (Phi) is 13.0. The lowest BCUT2D eigenvalue weighted by atomic mass is 9.98. The number of amides is 3. The van der Waals surface area contributed by atoms with Crippen LogP contribution in [0.25, 0.3) is 15.8 Å². The summed E-state index contributed by atoms with van der Waals surface area (Å²) < 4.78 is 42.5. The second kappa shape index (κ2) is 16.9. The van der Waals surface area contributed by atoms with Crippen molar-refractivity contribution < 1.29 is 22.8 Å². The fourth-order valence-electron chi connectivity index (χ4n) is 4.75. The number of urea groups is 1. The van der Waals surface area contributed by atoms with E-state index in [0.29, 0.717) is 37.4 Å². The molecule has 0 radical (unpaired) electrons. The summed E-state index contributed by atoms with van der Waals surface area (Å²) in [6.07, 6.45) is 2.00. The number of nitrogens with two attached hydrogens (primary N) is 3. The average Bonchev–Trinajstić information content (AvgIpc) is 3.44. The monoisotopic (exact) mass is 676 g/mol. The number of alkyl halides is 3. The van der Waals surface area contributed by atoms with Gasteiger partial charge in [0, 0.05) is 43.1 Å². The summed E-state index contributed by atoms with van der Waals surface area (Å²) in [6, 6.07) is 6.24. The molecule has 46 heavy (non-hydrogen) atoms. The third-order valence-corrected chi connectivity index (χ3v) is 9.31. The molecule has 248 valence electrons. The van der Waals surface area contributed by atoms with Crippen molar-refractivity contribution in [1.29, 1.82) is 0 Å². The third-order valence-electron chi connectivity index (χ3n) is 7.05. The van der Waals surface area contributed by atoms with Crippen LogP contribution in [0.5, 0.6) is 0 Å². The van der Waals surface area contributed by atoms with Gasteiger partial charge in [-0.1, -0.05) is 6.08 Å². The number of hydrogen-bond acceptors (Lipinski definition) is 9. The van der Waals surface area contributed by atoms with E-state index in [2.05, 4.69) is 27.0 Å². The highest BCUT2D eigenvalue weighted by molar-refractivity contribution is 7.99. The first kappa shape index (κ1) is 35.4. The molecule has 0 atom stereocenters. The van der Waals surface area contributed by atoms with Crippen molar-refractivity contribution in [1.82, 2.24) is 4.98 Å². The van der Waals surface area contributed by atoms with Crippen molar-refractivity contribution >= 4 is 73.6 Å². The van der Waals surface area contributed by atoms with Gasteiger partial charge in [-0.3, -0.25) is 9.79 Å². The zero-order chi connectivity index (χ0) is 33.1. The largest absolute Gasteiger partial charge is 0.416 e. The van der Waals surface area contributed by atoms with E-state index in [1.807, 2.05) is 0 Å². The van der Waals surface area contributed by atoms with Crippen LogP contribution < -0.4 is 33.2 Å². The van der Waals surface area contributed by atoms with Crippen LogP contribution in [0.15, 0.2) is 46.3 Å². The number of hydrogen-bond donors (Lipinski definition) is 6. The molecule has 9 N–H and O–H groups in total. The first-order valence-electron chi connectivity index (χ1n) is 15.1. The number of nitrogens with one attached hydrogen (secondary N) is 3. The molecule has 10 nitrogen and oxygen atoms in total. The van der Waals surface area contributed by atoms with Crippen molar-refractivity contribution in [2.45, 2.75) is 56.0 Å². The Hall–Kier alpha value is -3.50. The predicted octanol–water partition coefficient (Wildman–Crippen LogP) is 6.43. The lowest BCUT2D eigenvalue weighted by Gasteiger charge is -2.19. The lowest BCUT2D eigenvalue weighted by molar-refractivity contribution is -0.137. The number of anilines is 3. The number of carbonyl (C=O) groups is 2. The van der Waals surface area contributed by atoms with Crippen LogP contribution in [0.3, 0.4) is 0 Å². The summed E-state index contributed by atoms with van der Waals surface area (Å²) in [7, 11) is 0. The van der Waals surface area contributed by atoms with E-state index in [1.165, 1.54) is 11.3 Å². The molecule has 0 fully saturated rings. The van der Waals surface area contributed by atoms with Gasteiger partial charge >= 0.3 is 12.2 Å². The highest BCUT2D eigenvalue weighted by Crippen LogP contribution is 2.41. The molecular formula is C31H39F3N8O2S2. The topological polar surface area (TPSA) is 174 Å². The second-order valence-corrected chi connectivity index (χ2v) is 12.8. The molecule has 0 unspecified atom stereocenters. The molecule has 15 heteroatoms. The summed E-state index contributed by atoms with van der Waals surface area (Å²) in [5.41, 5.74) is 19.1. The van der Waals surface area contributed by atoms with Gasteiger partial charge in [-0.25, -0.2) is 9.78 Å². The molecule has 0 bridgehead atoms. The smallest absolute Gasteiger partial charge is 0.330 e. The van der Waals surface area contributed by atoms with Gasteiger partial charge in [0.05, 0.1) is 32.1 Å². The van der Waals surface area contributed by atoms with Crippen molar-refractivity contribution in [3.8, 4) is 0 Å². The minimum atomic E-state index is -4.72. The summed E-state index contributed by atoms with van der Waals surface area (Å²) in [4.78, 5) is 35.3. The Labute approximate surface area is 273 Å². The molecule has 0 saturated carbocycles. The number of unbranched alkanes of at least 4 members (excludes halogenated alkanes) is 1. The number of allylic oxidation sites excluding steroid dienone is 2. The van der Waals surface area contributed by atoms with Crippen LogP contribution in [0.1, 0.15) is 55.5 Å². The molecule has 3 aromatic rings. The van der Waals surface area contributed by atoms with Gasteiger partial charge in [0.15, 0.2) is 0 Å². The van der Waals surface area contributed by atoms with Crippen LogP contribution in [-0.4, -0.2) is 54.6 Å². The summed E-state index contributed by atoms with van der Waals surface area (Å²) in [5.74, 6) is -0.101. The van der Waals surface area contributed by atoms with Gasteiger partial charge in [-0.2, -0.15) is 13.2 Å². The van der Waals surface area contributed by atoms with E-state index in [9.17, 15) is 22.8 Å². The van der Waals surface area contributed by atoms with E-state index in [4.69, 9.17) is 22.2 Å². The van der Waals surface area contributed by atoms with Gasteiger partial charge in [0.25, 0.3) is 0 Å². The normalized spacial score (nSPS) is 14.4. The molecule has 0 saturated heterocycles. The van der Waals surface area contributed by atoms with Gasteiger partial charge in [-0.15, -0.1) is 23.1 Å². The van der Waals surface area contributed by atoms with Gasteiger partial charge in [-0.05, 0) is 81.1 Å². The number of thiazole rings is 1. The number of aromatic nitrogens is 1. The number of carbonyl (C=O) groups excluding carboxylic acids is 2. The summed E-state index contributed by atoms with van der Waals surface area (Å²) in [6.45, 7) is 2.01. The Bertz CT molecular complexity index is 1590. The zero-order valence-electron chi connectivity index (χ0n) is 25.3. The standard InChI is InChI=1S/C31H39F3N8O2S2/c32-31(33,34)20-16-24(40-27(43)4-1-2-11-35)28(45-15-13-37)25(17-20)42-30(44)39-22-9-10-23-26(18-22)46-29(41-23)19-5-7-21(8-6-19)38-14-3-12-36/h5,9-10,16-18H,1-4,6-8,11-15,35-37H2,(H,40,43)(H2,39,42,44). The van der Waals surface area contributed by atoms with Crippen molar-refractivity contribution in [2.75, 3.05) is 47.9 Å². The molecule has 4 rings (SSSR count). The van der Waals surface area contributed by atoms with E-state index in [0.717, 1.165) is 82.6 Å². The molecule has 2 aromatic carbocycles. The molecule has 1 aromatic heterocycles. The maximum atomic E-state index is 13.9. The zero-order valence-corrected chi connectivity index (χ0v) is 27.0. The highest BCUT2D eigenvalue weighted by Gasteiger charge is 2.33. The second-order valence-electron chi connectivity index (χ2n) is 10.6. The van der Waals surface area contributed by atoms with Gasteiger partial charge in [0.2, 0.25) is 5.91 Å². The molecule has 1 heterocycles. The van der Waals surface area contributed by atoms with Crippen molar-refractivity contribution in [2.24, 2.45) is 22.2 Å². The van der Waals surface area contributed by atoms with Crippen LogP contribution in [-0.2, 0) is 11.0 Å². The van der Waals surface area contributed by atoms with Gasteiger partial charge in [0.1, 0.15) is 5.01 Å². The van der Waals surface area contributed by atoms with E-state index in [1.54, 1.807) is 18.2 Å². The quantitative estimate of drug-likeness (QED) is 0.0842. The molecule has 1 aliphatic rings. The summed E-state index contributed by atoms with van der Waals surface area (Å²) >= 11 is 2.65. The average molecular weight is 677 g/mol. The number of rotatable bonds is 14. The Morgan fingerprint density at radius 1 is 0.957 bits per heavy atom. The molecular weight excluding hydrogens is 638 g/mol. The predicted molar refractivity (Wildman–Crippen MR) is 183 cm³/mol. The fraction of sp³-hybridized carbons (Fsp3) is 0.419. The van der Waals surface area contributed by atoms with Crippen LogP contribution in [0.4, 0.5) is 35.0 Å². The Morgan fingerprint density at radius 2 is 1.72 bits per heavy atom. The Balaban J connectivity index is 1.52. The van der Waals surface area contributed by atoms with E-state index in [-0.39, 0.29) is 29.2 Å². The number of fused-ring (bicyclic) bond motifs is 1. The maximum absolute atomic E-state index is 13.9. The number of benzene rings is 2. The molecule has 0 aliphatic heterocycles. The lowest BCUT2D eigenvalue weighted by Crippen LogP contribution is -2.21. The number of halogens is 3. The number of thioether (sulfide) groups is 1. The van der Waals surface area contributed by atoms with Crippen LogP contribution in [0.2, 0.25) is 0 Å². The molecule has 3 amide bonds.